The van der Waals surface area contributed by atoms with E-state index in [2.05, 4.69) is 45.8 Å². The first-order chi connectivity index (χ1) is 8.31. The summed E-state index contributed by atoms with van der Waals surface area (Å²) in [5.74, 6) is 0. The number of hydrogen-bond donors (Lipinski definition) is 1. The van der Waals surface area contributed by atoms with Gasteiger partial charge in [0.1, 0.15) is 0 Å². The van der Waals surface area contributed by atoms with Crippen molar-refractivity contribution in [2.24, 2.45) is 0 Å². The molecule has 2 heterocycles. The van der Waals surface area contributed by atoms with Gasteiger partial charge in [0.05, 0.1) is 12.7 Å². The van der Waals surface area contributed by atoms with E-state index in [1.165, 1.54) is 23.2 Å². The second-order valence-electron chi connectivity index (χ2n) is 4.22. The van der Waals surface area contributed by atoms with Crippen LogP contribution < -0.4 is 5.32 Å². The van der Waals surface area contributed by atoms with Gasteiger partial charge >= 0.3 is 0 Å². The number of aromatic nitrogens is 2. The van der Waals surface area contributed by atoms with E-state index < -0.39 is 0 Å². The predicted molar refractivity (Wildman–Crippen MR) is 72.4 cm³/mol. The van der Waals surface area contributed by atoms with Crippen molar-refractivity contribution in [3.8, 4) is 0 Å². The first kappa shape index (κ1) is 12.3. The SMILES string of the molecule is CCCNCc1cnn(Cc2ccsc2)c1C. The molecule has 0 saturated carbocycles. The molecule has 3 nitrogen and oxygen atoms in total. The summed E-state index contributed by atoms with van der Waals surface area (Å²) >= 11 is 1.73. The monoisotopic (exact) mass is 249 g/mol. The van der Waals surface area contributed by atoms with Gasteiger partial charge in [0.2, 0.25) is 0 Å². The van der Waals surface area contributed by atoms with E-state index in [1.807, 2.05) is 6.20 Å². The summed E-state index contributed by atoms with van der Waals surface area (Å²) in [6, 6.07) is 2.15. The highest BCUT2D eigenvalue weighted by Gasteiger charge is 2.06. The normalized spacial score (nSPS) is 10.9. The van der Waals surface area contributed by atoms with Crippen LogP contribution in [-0.4, -0.2) is 16.3 Å². The molecule has 1 N–H and O–H groups in total. The zero-order valence-corrected chi connectivity index (χ0v) is 11.3. The van der Waals surface area contributed by atoms with Gasteiger partial charge in [0, 0.05) is 17.8 Å². The zero-order chi connectivity index (χ0) is 12.1. The van der Waals surface area contributed by atoms with E-state index in [0.29, 0.717) is 0 Å². The average Bonchev–Trinajstić information content (AvgIpc) is 2.94. The molecule has 0 amide bonds. The van der Waals surface area contributed by atoms with Crippen molar-refractivity contribution in [1.29, 1.82) is 0 Å². The maximum absolute atomic E-state index is 4.45. The Hall–Kier alpha value is -1.13. The number of hydrogen-bond acceptors (Lipinski definition) is 3. The molecule has 0 aliphatic rings. The van der Waals surface area contributed by atoms with Crippen LogP contribution in [-0.2, 0) is 13.1 Å². The Morgan fingerprint density at radius 1 is 1.47 bits per heavy atom. The lowest BCUT2D eigenvalue weighted by Gasteiger charge is -2.05. The van der Waals surface area contributed by atoms with Crippen molar-refractivity contribution in [1.82, 2.24) is 15.1 Å². The molecule has 0 saturated heterocycles. The van der Waals surface area contributed by atoms with Gasteiger partial charge in [-0.1, -0.05) is 6.92 Å². The molecule has 2 rings (SSSR count). The molecule has 0 atom stereocenters. The van der Waals surface area contributed by atoms with Crippen LogP contribution in [0, 0.1) is 6.92 Å². The molecule has 0 radical (unpaired) electrons. The lowest BCUT2D eigenvalue weighted by molar-refractivity contribution is 0.652. The molecule has 92 valence electrons. The number of thiophene rings is 1. The molecule has 4 heteroatoms. The second kappa shape index (κ2) is 5.98. The molecule has 0 spiro atoms. The van der Waals surface area contributed by atoms with Crippen LogP contribution >= 0.6 is 11.3 Å². The fourth-order valence-corrected chi connectivity index (χ4v) is 2.43. The Morgan fingerprint density at radius 2 is 2.35 bits per heavy atom. The molecular formula is C13H19N3S. The van der Waals surface area contributed by atoms with Crippen molar-refractivity contribution in [2.45, 2.75) is 33.4 Å². The Bertz CT molecular complexity index is 445. The molecule has 2 aromatic heterocycles. The maximum Gasteiger partial charge on any atom is 0.0670 e. The van der Waals surface area contributed by atoms with E-state index in [1.54, 1.807) is 11.3 Å². The minimum absolute atomic E-state index is 0.878. The quantitative estimate of drug-likeness (QED) is 0.798. The van der Waals surface area contributed by atoms with Crippen LogP contribution in [0.2, 0.25) is 0 Å². The third kappa shape index (κ3) is 3.17. The smallest absolute Gasteiger partial charge is 0.0670 e. The lowest BCUT2D eigenvalue weighted by Crippen LogP contribution is -2.14. The highest BCUT2D eigenvalue weighted by atomic mass is 32.1. The molecule has 0 fully saturated rings. The van der Waals surface area contributed by atoms with Crippen LogP contribution in [0.3, 0.4) is 0 Å². The maximum atomic E-state index is 4.45. The van der Waals surface area contributed by atoms with Gasteiger partial charge in [-0.15, -0.1) is 0 Å². The number of nitrogens with one attached hydrogen (secondary N) is 1. The first-order valence-corrected chi connectivity index (χ1v) is 6.98. The van der Waals surface area contributed by atoms with Gasteiger partial charge in [-0.25, -0.2) is 0 Å². The van der Waals surface area contributed by atoms with Crippen molar-refractivity contribution in [3.63, 3.8) is 0 Å². The third-order valence-corrected chi connectivity index (χ3v) is 3.59. The van der Waals surface area contributed by atoms with Gasteiger partial charge in [-0.3, -0.25) is 4.68 Å². The highest BCUT2D eigenvalue weighted by molar-refractivity contribution is 7.07. The summed E-state index contributed by atoms with van der Waals surface area (Å²) in [5.41, 5.74) is 3.89. The molecule has 2 aromatic rings. The van der Waals surface area contributed by atoms with Gasteiger partial charge in [-0.05, 0) is 42.3 Å². The minimum Gasteiger partial charge on any atom is -0.313 e. The average molecular weight is 249 g/mol. The topological polar surface area (TPSA) is 29.9 Å². The fourth-order valence-electron chi connectivity index (χ4n) is 1.77. The Labute approximate surface area is 106 Å². The van der Waals surface area contributed by atoms with Crippen molar-refractivity contribution in [2.75, 3.05) is 6.54 Å². The van der Waals surface area contributed by atoms with Gasteiger partial charge in [0.15, 0.2) is 0 Å². The fraction of sp³-hybridized carbons (Fsp3) is 0.462. The molecule has 17 heavy (non-hydrogen) atoms. The van der Waals surface area contributed by atoms with Crippen LogP contribution in [0.15, 0.2) is 23.0 Å². The number of rotatable bonds is 6. The van der Waals surface area contributed by atoms with E-state index in [4.69, 9.17) is 0 Å². The summed E-state index contributed by atoms with van der Waals surface area (Å²) in [5, 5.41) is 12.1. The Balaban J connectivity index is 1.99. The summed E-state index contributed by atoms with van der Waals surface area (Å²) in [6.07, 6.45) is 3.15. The molecular weight excluding hydrogens is 230 g/mol. The second-order valence-corrected chi connectivity index (χ2v) is 5.00. The molecule has 0 aliphatic carbocycles. The van der Waals surface area contributed by atoms with Gasteiger partial charge in [-0.2, -0.15) is 16.4 Å². The standard InChI is InChI=1S/C13H19N3S/c1-3-5-14-7-13-8-15-16(11(13)2)9-12-4-6-17-10-12/h4,6,8,10,14H,3,5,7,9H2,1-2H3. The molecule has 0 bridgehead atoms. The van der Waals surface area contributed by atoms with E-state index >= 15 is 0 Å². The van der Waals surface area contributed by atoms with Crippen LogP contribution in [0.5, 0.6) is 0 Å². The van der Waals surface area contributed by atoms with E-state index in [9.17, 15) is 0 Å². The predicted octanol–water partition coefficient (Wildman–Crippen LogP) is 2.80. The van der Waals surface area contributed by atoms with Crippen LogP contribution in [0.4, 0.5) is 0 Å². The summed E-state index contributed by atoms with van der Waals surface area (Å²) in [6.45, 7) is 7.18. The summed E-state index contributed by atoms with van der Waals surface area (Å²) in [7, 11) is 0. The van der Waals surface area contributed by atoms with Crippen LogP contribution in [0.1, 0.15) is 30.2 Å². The molecule has 0 aliphatic heterocycles. The Morgan fingerprint density at radius 3 is 3.06 bits per heavy atom. The Kier molecular flexibility index (Phi) is 4.34. The van der Waals surface area contributed by atoms with Crippen molar-refractivity contribution < 1.29 is 0 Å². The summed E-state index contributed by atoms with van der Waals surface area (Å²) in [4.78, 5) is 0. The van der Waals surface area contributed by atoms with Crippen molar-refractivity contribution >= 4 is 11.3 Å². The van der Waals surface area contributed by atoms with Gasteiger partial charge in [0.25, 0.3) is 0 Å². The zero-order valence-electron chi connectivity index (χ0n) is 10.4. The third-order valence-electron chi connectivity index (χ3n) is 2.86. The lowest BCUT2D eigenvalue weighted by atomic mass is 10.2. The minimum atomic E-state index is 0.878. The molecule has 0 aromatic carbocycles. The van der Waals surface area contributed by atoms with Crippen molar-refractivity contribution in [3.05, 3.63) is 39.8 Å². The number of nitrogens with zero attached hydrogens (tertiary/aromatic N) is 2. The first-order valence-electron chi connectivity index (χ1n) is 6.04. The van der Waals surface area contributed by atoms with Gasteiger partial charge < -0.3 is 5.32 Å². The molecule has 0 unspecified atom stereocenters. The summed E-state index contributed by atoms with van der Waals surface area (Å²) < 4.78 is 2.07. The highest BCUT2D eigenvalue weighted by Crippen LogP contribution is 2.12. The van der Waals surface area contributed by atoms with E-state index in [-0.39, 0.29) is 0 Å². The van der Waals surface area contributed by atoms with Crippen LogP contribution in [0.25, 0.3) is 0 Å². The van der Waals surface area contributed by atoms with E-state index in [0.717, 1.165) is 19.6 Å². The largest absolute Gasteiger partial charge is 0.313 e.